The fourth-order valence-electron chi connectivity index (χ4n) is 3.40. The molecule has 8 nitrogen and oxygen atoms in total. The zero-order valence-electron chi connectivity index (χ0n) is 17.4. The second kappa shape index (κ2) is 9.46. The summed E-state index contributed by atoms with van der Waals surface area (Å²) in [5, 5.41) is 2.73. The van der Waals surface area contributed by atoms with Crippen LogP contribution in [-0.4, -0.2) is 56.8 Å². The Bertz CT molecular complexity index is 1010. The number of aryl methyl sites for hydroxylation is 1. The van der Waals surface area contributed by atoms with Gasteiger partial charge in [0.05, 0.1) is 26.5 Å². The largest absolute Gasteiger partial charge is 0.497 e. The third kappa shape index (κ3) is 5.10. The molecule has 1 fully saturated rings. The van der Waals surface area contributed by atoms with Crippen LogP contribution in [0.2, 0.25) is 0 Å². The summed E-state index contributed by atoms with van der Waals surface area (Å²) in [5.41, 5.74) is 2.45. The molecule has 0 saturated carbocycles. The molecule has 1 aliphatic rings. The van der Waals surface area contributed by atoms with Crippen molar-refractivity contribution in [2.24, 2.45) is 0 Å². The van der Waals surface area contributed by atoms with Crippen molar-refractivity contribution in [3.05, 3.63) is 53.6 Å². The maximum atomic E-state index is 13.0. The lowest BCUT2D eigenvalue weighted by Crippen LogP contribution is -2.51. The van der Waals surface area contributed by atoms with Gasteiger partial charge in [-0.3, -0.25) is 4.79 Å². The Kier molecular flexibility index (Phi) is 6.96. The first-order valence-electron chi connectivity index (χ1n) is 9.66. The molecule has 0 aliphatic carbocycles. The van der Waals surface area contributed by atoms with Crippen molar-refractivity contribution in [1.82, 2.24) is 8.61 Å². The summed E-state index contributed by atoms with van der Waals surface area (Å²) in [5.74, 6) is 0.597. The lowest BCUT2D eigenvalue weighted by molar-refractivity contribution is -0.116. The van der Waals surface area contributed by atoms with Gasteiger partial charge in [0.1, 0.15) is 11.5 Å². The number of ether oxygens (including phenoxy) is 2. The van der Waals surface area contributed by atoms with Gasteiger partial charge in [0.25, 0.3) is 10.2 Å². The highest BCUT2D eigenvalue weighted by Gasteiger charge is 2.34. The van der Waals surface area contributed by atoms with Gasteiger partial charge in [0, 0.05) is 25.7 Å². The Hall–Kier alpha value is -2.62. The maximum Gasteiger partial charge on any atom is 0.282 e. The minimum atomic E-state index is -3.73. The molecule has 2 aromatic rings. The van der Waals surface area contributed by atoms with Crippen molar-refractivity contribution >= 4 is 21.8 Å². The first-order valence-corrected chi connectivity index (χ1v) is 11.1. The molecule has 0 atom stereocenters. The number of carbonyl (C=O) groups is 1. The zero-order chi connectivity index (χ0) is 21.7. The smallest absolute Gasteiger partial charge is 0.282 e. The monoisotopic (exact) mass is 433 g/mol. The van der Waals surface area contributed by atoms with Gasteiger partial charge in [-0.05, 0) is 31.0 Å². The number of nitrogens with one attached hydrogen (secondary N) is 1. The molecule has 3 rings (SSSR count). The van der Waals surface area contributed by atoms with Crippen LogP contribution >= 0.6 is 0 Å². The van der Waals surface area contributed by atoms with Crippen LogP contribution in [0.15, 0.2) is 42.5 Å². The van der Waals surface area contributed by atoms with Crippen molar-refractivity contribution in [3.8, 4) is 11.5 Å². The van der Waals surface area contributed by atoms with E-state index in [2.05, 4.69) is 5.32 Å². The number of benzene rings is 2. The number of amides is 1. The molecular weight excluding hydrogens is 406 g/mol. The Labute approximate surface area is 177 Å². The summed E-state index contributed by atoms with van der Waals surface area (Å²) in [7, 11) is -0.707. The van der Waals surface area contributed by atoms with Crippen molar-refractivity contribution in [1.29, 1.82) is 0 Å². The molecule has 1 amide bonds. The van der Waals surface area contributed by atoms with Crippen LogP contribution < -0.4 is 14.8 Å². The highest BCUT2D eigenvalue weighted by molar-refractivity contribution is 7.86. The molecule has 0 spiro atoms. The summed E-state index contributed by atoms with van der Waals surface area (Å²) >= 11 is 0. The van der Waals surface area contributed by atoms with E-state index in [-0.39, 0.29) is 13.1 Å². The summed E-state index contributed by atoms with van der Waals surface area (Å²) in [6.07, 6.45) is 0.657. The van der Waals surface area contributed by atoms with E-state index in [1.807, 2.05) is 31.2 Å². The lowest BCUT2D eigenvalue weighted by atomic mass is 10.1. The Morgan fingerprint density at radius 2 is 1.83 bits per heavy atom. The Morgan fingerprint density at radius 1 is 1.07 bits per heavy atom. The molecule has 0 unspecified atom stereocenters. The molecule has 1 N–H and O–H groups in total. The third-order valence-electron chi connectivity index (χ3n) is 4.91. The average molecular weight is 434 g/mol. The van der Waals surface area contributed by atoms with E-state index in [1.165, 1.54) is 22.8 Å². The predicted octanol–water partition coefficient (Wildman–Crippen LogP) is 2.40. The quantitative estimate of drug-likeness (QED) is 0.724. The van der Waals surface area contributed by atoms with E-state index in [4.69, 9.17) is 9.47 Å². The lowest BCUT2D eigenvalue weighted by Gasteiger charge is -2.34. The highest BCUT2D eigenvalue weighted by atomic mass is 32.2. The molecule has 1 saturated heterocycles. The molecule has 162 valence electrons. The van der Waals surface area contributed by atoms with Crippen molar-refractivity contribution in [2.45, 2.75) is 19.9 Å². The summed E-state index contributed by atoms with van der Waals surface area (Å²) in [4.78, 5) is 12.6. The molecular formula is C21H27N3O5S. The molecule has 1 heterocycles. The number of hydrogen-bond acceptors (Lipinski definition) is 5. The van der Waals surface area contributed by atoms with Crippen LogP contribution in [0, 0.1) is 6.92 Å². The standard InChI is InChI=1S/C21H27N3O5S/c1-16-6-4-7-17(12-16)14-23-10-5-11-24(30(23,26)27)15-21(25)22-19-9-8-18(28-2)13-20(19)29-3/h4,6-9,12-13H,5,10-11,14-15H2,1-3H3,(H,22,25). The van der Waals surface area contributed by atoms with E-state index in [9.17, 15) is 13.2 Å². The molecule has 30 heavy (non-hydrogen) atoms. The minimum absolute atomic E-state index is 0.262. The van der Waals surface area contributed by atoms with Gasteiger partial charge in [-0.25, -0.2) is 0 Å². The zero-order valence-corrected chi connectivity index (χ0v) is 18.2. The Balaban J connectivity index is 1.69. The maximum absolute atomic E-state index is 13.0. The van der Waals surface area contributed by atoms with Gasteiger partial charge in [0.2, 0.25) is 5.91 Å². The second-order valence-electron chi connectivity index (χ2n) is 7.13. The first-order chi connectivity index (χ1) is 14.3. The predicted molar refractivity (Wildman–Crippen MR) is 115 cm³/mol. The highest BCUT2D eigenvalue weighted by Crippen LogP contribution is 2.29. The van der Waals surface area contributed by atoms with E-state index in [1.54, 1.807) is 18.2 Å². The van der Waals surface area contributed by atoms with Crippen molar-refractivity contribution in [2.75, 3.05) is 39.2 Å². The van der Waals surface area contributed by atoms with E-state index < -0.39 is 16.1 Å². The molecule has 9 heteroatoms. The summed E-state index contributed by atoms with van der Waals surface area (Å²) in [6, 6.07) is 12.8. The first kappa shape index (κ1) is 22.1. The number of hydrogen-bond donors (Lipinski definition) is 1. The average Bonchev–Trinajstić information content (AvgIpc) is 2.71. The Morgan fingerprint density at radius 3 is 2.53 bits per heavy atom. The fraction of sp³-hybridized carbons (Fsp3) is 0.381. The fourth-order valence-corrected chi connectivity index (χ4v) is 5.04. The van der Waals surface area contributed by atoms with Gasteiger partial charge < -0.3 is 14.8 Å². The molecule has 2 aromatic carbocycles. The van der Waals surface area contributed by atoms with Crippen molar-refractivity contribution < 1.29 is 22.7 Å². The summed E-state index contributed by atoms with van der Waals surface area (Å²) in [6.45, 7) is 2.73. The number of rotatable bonds is 7. The second-order valence-corrected chi connectivity index (χ2v) is 9.06. The van der Waals surface area contributed by atoms with Crippen LogP contribution in [0.4, 0.5) is 5.69 Å². The molecule has 0 bridgehead atoms. The van der Waals surface area contributed by atoms with Crippen LogP contribution in [0.25, 0.3) is 0 Å². The summed E-state index contributed by atoms with van der Waals surface area (Å²) < 4.78 is 39.1. The van der Waals surface area contributed by atoms with Crippen LogP contribution in [0.1, 0.15) is 17.5 Å². The minimum Gasteiger partial charge on any atom is -0.497 e. The van der Waals surface area contributed by atoms with Crippen LogP contribution in [0.5, 0.6) is 11.5 Å². The van der Waals surface area contributed by atoms with Gasteiger partial charge >= 0.3 is 0 Å². The van der Waals surface area contributed by atoms with Gasteiger partial charge in [-0.15, -0.1) is 0 Å². The van der Waals surface area contributed by atoms with E-state index in [0.717, 1.165) is 11.1 Å². The van der Waals surface area contributed by atoms with Crippen LogP contribution in [-0.2, 0) is 21.5 Å². The molecule has 1 aliphatic heterocycles. The van der Waals surface area contributed by atoms with Crippen LogP contribution in [0.3, 0.4) is 0 Å². The molecule has 0 radical (unpaired) electrons. The van der Waals surface area contributed by atoms with E-state index in [0.29, 0.717) is 36.7 Å². The van der Waals surface area contributed by atoms with Gasteiger partial charge in [0.15, 0.2) is 0 Å². The third-order valence-corrected chi connectivity index (χ3v) is 6.84. The van der Waals surface area contributed by atoms with Gasteiger partial charge in [-0.1, -0.05) is 29.8 Å². The van der Waals surface area contributed by atoms with Gasteiger partial charge in [-0.2, -0.15) is 17.0 Å². The van der Waals surface area contributed by atoms with Crippen molar-refractivity contribution in [3.63, 3.8) is 0 Å². The number of carbonyl (C=O) groups excluding carboxylic acids is 1. The number of anilines is 1. The SMILES string of the molecule is COc1ccc(NC(=O)CN2CCCN(Cc3cccc(C)c3)S2(=O)=O)c(OC)c1. The normalized spacial score (nSPS) is 16.8. The van der Waals surface area contributed by atoms with E-state index >= 15 is 0 Å². The number of nitrogens with zero attached hydrogens (tertiary/aromatic N) is 2. The topological polar surface area (TPSA) is 88.2 Å². The number of methoxy groups -OCH3 is 2. The molecule has 0 aromatic heterocycles.